The van der Waals surface area contributed by atoms with Crippen molar-refractivity contribution in [3.05, 3.63) is 0 Å². The lowest BCUT2D eigenvalue weighted by molar-refractivity contribution is 0.129. The monoisotopic (exact) mass is 282 g/mol. The molecule has 2 aliphatic rings. The van der Waals surface area contributed by atoms with Gasteiger partial charge in [-0.1, -0.05) is 32.6 Å². The second-order valence-corrected chi connectivity index (χ2v) is 6.72. The average molecular weight is 282 g/mol. The van der Waals surface area contributed by atoms with Gasteiger partial charge in [0, 0.05) is 25.7 Å². The Bertz CT molecular complexity index is 257. The number of nitrogens with one attached hydrogen (secondary N) is 1. The lowest BCUT2D eigenvalue weighted by Gasteiger charge is -2.37. The molecule has 1 saturated heterocycles. The van der Waals surface area contributed by atoms with E-state index in [0.717, 1.165) is 24.6 Å². The van der Waals surface area contributed by atoms with Crippen LogP contribution in [0.2, 0.25) is 0 Å². The molecule has 0 aromatic carbocycles. The minimum absolute atomic E-state index is 0.719. The number of hydrogen-bond donors (Lipinski definition) is 1. The van der Waals surface area contributed by atoms with E-state index in [9.17, 15) is 0 Å². The van der Waals surface area contributed by atoms with E-state index in [1.165, 1.54) is 71.0 Å². The molecule has 2 rings (SSSR count). The highest BCUT2D eigenvalue weighted by Gasteiger charge is 2.32. The van der Waals surface area contributed by atoms with Gasteiger partial charge in [0.15, 0.2) is 0 Å². The van der Waals surface area contributed by atoms with E-state index in [1.807, 2.05) is 7.11 Å². The highest BCUT2D eigenvalue weighted by molar-refractivity contribution is 4.90. The van der Waals surface area contributed by atoms with Crippen molar-refractivity contribution in [2.45, 2.75) is 70.4 Å². The summed E-state index contributed by atoms with van der Waals surface area (Å²) >= 11 is 0. The van der Waals surface area contributed by atoms with Crippen molar-refractivity contribution >= 4 is 0 Å². The Morgan fingerprint density at radius 3 is 2.65 bits per heavy atom. The molecule has 0 aromatic rings. The summed E-state index contributed by atoms with van der Waals surface area (Å²) in [5, 5.41) is 3.84. The molecular formula is C17H34N2O. The lowest BCUT2D eigenvalue weighted by atomic mass is 9.91. The Labute approximate surface area is 125 Å². The van der Waals surface area contributed by atoms with E-state index in [1.54, 1.807) is 0 Å². The third-order valence-electron chi connectivity index (χ3n) is 5.07. The molecule has 0 amide bonds. The van der Waals surface area contributed by atoms with Gasteiger partial charge in [-0.3, -0.25) is 4.90 Å². The van der Waals surface area contributed by atoms with E-state index in [0.29, 0.717) is 0 Å². The number of nitrogens with zero attached hydrogens (tertiary/aromatic N) is 1. The van der Waals surface area contributed by atoms with Gasteiger partial charge in [-0.05, 0) is 44.7 Å². The Hall–Kier alpha value is -0.120. The summed E-state index contributed by atoms with van der Waals surface area (Å²) in [6.07, 6.45) is 11.0. The van der Waals surface area contributed by atoms with Crippen molar-refractivity contribution < 1.29 is 4.74 Å². The first-order chi connectivity index (χ1) is 9.85. The zero-order chi connectivity index (χ0) is 14.2. The van der Waals surface area contributed by atoms with Gasteiger partial charge in [0.2, 0.25) is 0 Å². The molecule has 20 heavy (non-hydrogen) atoms. The first-order valence-electron chi connectivity index (χ1n) is 8.81. The maximum Gasteiger partial charge on any atom is 0.0503 e. The molecular weight excluding hydrogens is 248 g/mol. The minimum Gasteiger partial charge on any atom is -0.384 e. The molecule has 3 heteroatoms. The van der Waals surface area contributed by atoms with Crippen molar-refractivity contribution in [1.29, 1.82) is 0 Å². The molecule has 3 unspecified atom stereocenters. The largest absolute Gasteiger partial charge is 0.384 e. The number of ether oxygens (including phenoxy) is 1. The van der Waals surface area contributed by atoms with Crippen molar-refractivity contribution in [3.63, 3.8) is 0 Å². The molecule has 0 bridgehead atoms. The van der Waals surface area contributed by atoms with Crippen LogP contribution < -0.4 is 5.32 Å². The van der Waals surface area contributed by atoms with Crippen molar-refractivity contribution in [2.24, 2.45) is 5.92 Å². The molecule has 118 valence electrons. The van der Waals surface area contributed by atoms with Crippen molar-refractivity contribution in [3.8, 4) is 0 Å². The van der Waals surface area contributed by atoms with Gasteiger partial charge in [0.25, 0.3) is 0 Å². The molecule has 1 N–H and O–H groups in total. The predicted octanol–water partition coefficient (Wildman–Crippen LogP) is 3.05. The Morgan fingerprint density at radius 1 is 1.10 bits per heavy atom. The predicted molar refractivity (Wildman–Crippen MR) is 85.1 cm³/mol. The number of likely N-dealkylation sites (tertiary alicyclic amines) is 1. The third kappa shape index (κ3) is 4.71. The highest BCUT2D eigenvalue weighted by atomic mass is 16.5. The molecule has 0 aromatic heterocycles. The summed E-state index contributed by atoms with van der Waals surface area (Å²) in [6, 6.07) is 1.49. The maximum atomic E-state index is 5.36. The highest BCUT2D eigenvalue weighted by Crippen LogP contribution is 2.27. The van der Waals surface area contributed by atoms with Gasteiger partial charge >= 0.3 is 0 Å². The zero-order valence-corrected chi connectivity index (χ0v) is 13.6. The molecule has 1 aliphatic carbocycles. The third-order valence-corrected chi connectivity index (χ3v) is 5.07. The van der Waals surface area contributed by atoms with Crippen LogP contribution in [0.4, 0.5) is 0 Å². The average Bonchev–Trinajstić information content (AvgIpc) is 2.87. The summed E-state index contributed by atoms with van der Waals surface area (Å²) < 4.78 is 5.36. The Balaban J connectivity index is 1.92. The smallest absolute Gasteiger partial charge is 0.0503 e. The van der Waals surface area contributed by atoms with Gasteiger partial charge in [-0.25, -0.2) is 0 Å². The van der Waals surface area contributed by atoms with Crippen LogP contribution in [0.25, 0.3) is 0 Å². The van der Waals surface area contributed by atoms with Crippen LogP contribution in [0.5, 0.6) is 0 Å². The Kier molecular flexibility index (Phi) is 7.32. The fourth-order valence-corrected chi connectivity index (χ4v) is 4.01. The maximum absolute atomic E-state index is 5.36. The zero-order valence-electron chi connectivity index (χ0n) is 13.6. The van der Waals surface area contributed by atoms with E-state index < -0.39 is 0 Å². The molecule has 3 nitrogen and oxygen atoms in total. The summed E-state index contributed by atoms with van der Waals surface area (Å²) in [4.78, 5) is 2.77. The van der Waals surface area contributed by atoms with Gasteiger partial charge in [-0.2, -0.15) is 0 Å². The van der Waals surface area contributed by atoms with E-state index in [2.05, 4.69) is 17.1 Å². The number of methoxy groups -OCH3 is 1. The summed E-state index contributed by atoms with van der Waals surface area (Å²) in [7, 11) is 1.84. The molecule has 3 atom stereocenters. The second-order valence-electron chi connectivity index (χ2n) is 6.72. The number of rotatable bonds is 6. The lowest BCUT2D eigenvalue weighted by Crippen LogP contribution is -2.50. The van der Waals surface area contributed by atoms with Crippen molar-refractivity contribution in [2.75, 3.05) is 33.4 Å². The normalized spacial score (nSPS) is 33.0. The fourth-order valence-electron chi connectivity index (χ4n) is 4.01. The second kappa shape index (κ2) is 9.01. The SMILES string of the molecule is CCCNC1CCCCCCC1N1CCC(COC)C1. The molecule has 0 spiro atoms. The summed E-state index contributed by atoms with van der Waals surface area (Å²) in [5.74, 6) is 0.761. The molecule has 2 fully saturated rings. The van der Waals surface area contributed by atoms with Crippen LogP contribution in [0.3, 0.4) is 0 Å². The first-order valence-corrected chi connectivity index (χ1v) is 8.81. The first kappa shape index (κ1) is 16.3. The van der Waals surface area contributed by atoms with Crippen molar-refractivity contribution in [1.82, 2.24) is 10.2 Å². The molecule has 1 aliphatic heterocycles. The van der Waals surface area contributed by atoms with Crippen LogP contribution in [-0.2, 0) is 4.74 Å². The van der Waals surface area contributed by atoms with Crippen LogP contribution in [-0.4, -0.2) is 50.3 Å². The van der Waals surface area contributed by atoms with E-state index in [4.69, 9.17) is 4.74 Å². The Morgan fingerprint density at radius 2 is 1.90 bits per heavy atom. The van der Waals surface area contributed by atoms with E-state index >= 15 is 0 Å². The van der Waals surface area contributed by atoms with Crippen LogP contribution in [0.1, 0.15) is 58.3 Å². The van der Waals surface area contributed by atoms with Crippen LogP contribution in [0.15, 0.2) is 0 Å². The quantitative estimate of drug-likeness (QED) is 0.810. The standard InChI is InChI=1S/C17H34N2O/c1-3-11-18-16-8-6-4-5-7-9-17(16)19-12-10-15(13-19)14-20-2/h15-18H,3-14H2,1-2H3. The topological polar surface area (TPSA) is 24.5 Å². The van der Waals surface area contributed by atoms with Crippen LogP contribution >= 0.6 is 0 Å². The van der Waals surface area contributed by atoms with Gasteiger partial charge in [0.05, 0.1) is 6.61 Å². The van der Waals surface area contributed by atoms with Gasteiger partial charge < -0.3 is 10.1 Å². The fraction of sp³-hybridized carbons (Fsp3) is 1.00. The molecule has 0 radical (unpaired) electrons. The van der Waals surface area contributed by atoms with E-state index in [-0.39, 0.29) is 0 Å². The summed E-state index contributed by atoms with van der Waals surface area (Å²) in [6.45, 7) is 6.92. The minimum atomic E-state index is 0.719. The van der Waals surface area contributed by atoms with Crippen LogP contribution in [0, 0.1) is 5.92 Å². The molecule has 1 heterocycles. The number of hydrogen-bond acceptors (Lipinski definition) is 3. The molecule has 1 saturated carbocycles. The van der Waals surface area contributed by atoms with Gasteiger partial charge in [0.1, 0.15) is 0 Å². The van der Waals surface area contributed by atoms with Gasteiger partial charge in [-0.15, -0.1) is 0 Å². The summed E-state index contributed by atoms with van der Waals surface area (Å²) in [5.41, 5.74) is 0.